The third-order valence-corrected chi connectivity index (χ3v) is 6.67. The van der Waals surface area contributed by atoms with Gasteiger partial charge in [-0.2, -0.15) is 0 Å². The summed E-state index contributed by atoms with van der Waals surface area (Å²) < 4.78 is 2.26. The number of rotatable bonds is 5. The topological polar surface area (TPSA) is 60.7 Å². The number of nitrogens with zero attached hydrogens (tertiary/aromatic N) is 2. The highest BCUT2D eigenvalue weighted by atomic mass is 16.7. The first-order valence-corrected chi connectivity index (χ1v) is 11.5. The largest absolute Gasteiger partial charge is 0.341 e. The first-order valence-electron chi connectivity index (χ1n) is 11.5. The predicted octanol–water partition coefficient (Wildman–Crippen LogP) is 6.03. The molecule has 0 bridgehead atoms. The molecule has 0 aliphatic carbocycles. The molecule has 4 aromatic rings. The Balaban J connectivity index is 1.68. The van der Waals surface area contributed by atoms with Crippen LogP contribution in [0.25, 0.3) is 21.8 Å². The highest BCUT2D eigenvalue weighted by Gasteiger charge is 2.26. The first-order chi connectivity index (χ1) is 16.0. The summed E-state index contributed by atoms with van der Waals surface area (Å²) in [6.07, 6.45) is 1.16. The zero-order valence-electron chi connectivity index (χ0n) is 19.1. The molecule has 5 heteroatoms. The van der Waals surface area contributed by atoms with Crippen molar-refractivity contribution < 1.29 is 14.4 Å². The van der Waals surface area contributed by atoms with Gasteiger partial charge in [0.1, 0.15) is 0 Å². The minimum atomic E-state index is -0.284. The van der Waals surface area contributed by atoms with Crippen LogP contribution < -0.4 is 0 Å². The molecule has 1 atom stereocenters. The van der Waals surface area contributed by atoms with Crippen LogP contribution >= 0.6 is 0 Å². The molecule has 3 aromatic carbocycles. The quantitative estimate of drug-likeness (QED) is 0.282. The van der Waals surface area contributed by atoms with Crippen LogP contribution in [0.2, 0.25) is 0 Å². The fraction of sp³-hybridized carbons (Fsp3) is 0.250. The van der Waals surface area contributed by atoms with Crippen molar-refractivity contribution in [2.45, 2.75) is 40.2 Å². The fourth-order valence-corrected chi connectivity index (χ4v) is 4.86. The van der Waals surface area contributed by atoms with Crippen molar-refractivity contribution in [2.24, 2.45) is 11.1 Å². The Kier molecular flexibility index (Phi) is 5.33. The van der Waals surface area contributed by atoms with Crippen molar-refractivity contribution in [3.63, 3.8) is 0 Å². The Morgan fingerprint density at radius 2 is 1.76 bits per heavy atom. The minimum absolute atomic E-state index is 0.0261. The summed E-state index contributed by atoms with van der Waals surface area (Å²) in [5, 5.41) is 6.25. The number of carbonyl (C=O) groups excluding carboxylic acids is 2. The number of fused-ring (bicyclic) bond motifs is 3. The average molecular weight is 439 g/mol. The molecule has 0 radical (unpaired) electrons. The van der Waals surface area contributed by atoms with Gasteiger partial charge in [-0.3, -0.25) is 4.79 Å². The van der Waals surface area contributed by atoms with Crippen molar-refractivity contribution in [2.75, 3.05) is 0 Å². The standard InChI is InChI=1S/C28H26N2O3/c1-4-18-16-26(31)33-29-27(18)19-10-12-24-22(14-19)23-15-20(11-13-25(23)30(24)5-2)28(32)21-9-7-6-8-17(21)3/h6-15,18H,4-5,16H2,1-3H3. The predicted molar refractivity (Wildman–Crippen MR) is 131 cm³/mol. The molecule has 1 aliphatic heterocycles. The Hall–Kier alpha value is -3.73. The first kappa shape index (κ1) is 21.1. The highest BCUT2D eigenvalue weighted by Crippen LogP contribution is 2.33. The molecule has 1 aromatic heterocycles. The smallest absolute Gasteiger partial charge is 0.335 e. The van der Waals surface area contributed by atoms with Crippen LogP contribution in [0.3, 0.4) is 0 Å². The number of aryl methyl sites for hydroxylation is 2. The summed E-state index contributed by atoms with van der Waals surface area (Å²) in [4.78, 5) is 30.0. The Morgan fingerprint density at radius 3 is 2.48 bits per heavy atom. The molecular formula is C28H26N2O3. The molecule has 0 saturated heterocycles. The van der Waals surface area contributed by atoms with E-state index in [2.05, 4.69) is 35.7 Å². The minimum Gasteiger partial charge on any atom is -0.341 e. The van der Waals surface area contributed by atoms with E-state index in [9.17, 15) is 9.59 Å². The van der Waals surface area contributed by atoms with Gasteiger partial charge in [-0.05, 0) is 56.2 Å². The fourth-order valence-electron chi connectivity index (χ4n) is 4.86. The molecule has 2 heterocycles. The molecule has 33 heavy (non-hydrogen) atoms. The maximum Gasteiger partial charge on any atom is 0.335 e. The van der Waals surface area contributed by atoms with Gasteiger partial charge in [-0.1, -0.05) is 42.4 Å². The van der Waals surface area contributed by atoms with Gasteiger partial charge in [-0.15, -0.1) is 0 Å². The van der Waals surface area contributed by atoms with Gasteiger partial charge in [0.05, 0.1) is 12.1 Å². The van der Waals surface area contributed by atoms with Gasteiger partial charge in [0.2, 0.25) is 0 Å². The van der Waals surface area contributed by atoms with Gasteiger partial charge < -0.3 is 9.40 Å². The molecule has 0 fully saturated rings. The van der Waals surface area contributed by atoms with Crippen LogP contribution in [0.4, 0.5) is 0 Å². The van der Waals surface area contributed by atoms with Crippen LogP contribution in [-0.2, 0) is 16.2 Å². The summed E-state index contributed by atoms with van der Waals surface area (Å²) in [5.74, 6) is -0.215. The molecule has 166 valence electrons. The molecule has 0 amide bonds. The van der Waals surface area contributed by atoms with Gasteiger partial charge in [0, 0.05) is 51.0 Å². The van der Waals surface area contributed by atoms with E-state index in [1.165, 1.54) is 0 Å². The van der Waals surface area contributed by atoms with E-state index in [1.807, 2.05) is 55.5 Å². The normalized spacial score (nSPS) is 16.2. The second-order valence-electron chi connectivity index (χ2n) is 8.60. The number of oxime groups is 1. The maximum atomic E-state index is 13.3. The van der Waals surface area contributed by atoms with Crippen molar-refractivity contribution in [3.8, 4) is 0 Å². The summed E-state index contributed by atoms with van der Waals surface area (Å²) in [5.41, 5.74) is 6.33. The number of aromatic nitrogens is 1. The second-order valence-corrected chi connectivity index (χ2v) is 8.60. The van der Waals surface area contributed by atoms with Crippen LogP contribution in [0.5, 0.6) is 0 Å². The van der Waals surface area contributed by atoms with E-state index in [-0.39, 0.29) is 17.7 Å². The summed E-state index contributed by atoms with van der Waals surface area (Å²) in [7, 11) is 0. The number of hydrogen-bond donors (Lipinski definition) is 0. The summed E-state index contributed by atoms with van der Waals surface area (Å²) >= 11 is 0. The lowest BCUT2D eigenvalue weighted by Gasteiger charge is -2.20. The van der Waals surface area contributed by atoms with Crippen molar-refractivity contribution in [3.05, 3.63) is 82.9 Å². The van der Waals surface area contributed by atoms with Gasteiger partial charge in [0.25, 0.3) is 0 Å². The maximum absolute atomic E-state index is 13.3. The third kappa shape index (κ3) is 3.54. The Morgan fingerprint density at radius 1 is 1.03 bits per heavy atom. The Bertz CT molecular complexity index is 1440. The molecule has 1 aliphatic rings. The molecule has 5 nitrogen and oxygen atoms in total. The molecule has 0 saturated carbocycles. The highest BCUT2D eigenvalue weighted by molar-refractivity contribution is 6.16. The molecule has 0 spiro atoms. The van der Waals surface area contributed by atoms with Gasteiger partial charge >= 0.3 is 5.97 Å². The molecule has 5 rings (SSSR count). The number of carbonyl (C=O) groups is 2. The van der Waals surface area contributed by atoms with Crippen molar-refractivity contribution in [1.82, 2.24) is 4.57 Å². The number of ketones is 1. The van der Waals surface area contributed by atoms with E-state index >= 15 is 0 Å². The van der Waals surface area contributed by atoms with E-state index < -0.39 is 0 Å². The van der Waals surface area contributed by atoms with E-state index in [0.717, 1.165) is 57.2 Å². The lowest BCUT2D eigenvalue weighted by Crippen LogP contribution is -2.25. The van der Waals surface area contributed by atoms with Crippen LogP contribution in [0.1, 0.15) is 53.7 Å². The zero-order valence-corrected chi connectivity index (χ0v) is 19.1. The van der Waals surface area contributed by atoms with Crippen molar-refractivity contribution in [1.29, 1.82) is 0 Å². The lowest BCUT2D eigenvalue weighted by atomic mass is 9.90. The second kappa shape index (κ2) is 8.32. The molecule has 0 N–H and O–H groups in total. The number of hydrogen-bond acceptors (Lipinski definition) is 4. The van der Waals surface area contributed by atoms with Gasteiger partial charge in [-0.25, -0.2) is 4.79 Å². The van der Waals surface area contributed by atoms with Gasteiger partial charge in [0.15, 0.2) is 5.78 Å². The van der Waals surface area contributed by atoms with Crippen LogP contribution in [0, 0.1) is 12.8 Å². The van der Waals surface area contributed by atoms with Crippen LogP contribution in [-0.4, -0.2) is 22.0 Å². The average Bonchev–Trinajstić information content (AvgIpc) is 3.16. The van der Waals surface area contributed by atoms with E-state index in [1.54, 1.807) is 0 Å². The third-order valence-electron chi connectivity index (χ3n) is 6.67. The summed E-state index contributed by atoms with van der Waals surface area (Å²) in [6, 6.07) is 19.9. The van der Waals surface area contributed by atoms with E-state index in [4.69, 9.17) is 4.84 Å². The van der Waals surface area contributed by atoms with Crippen LogP contribution in [0.15, 0.2) is 65.8 Å². The Labute approximate surface area is 192 Å². The number of benzene rings is 3. The molecule has 1 unspecified atom stereocenters. The molecular weight excluding hydrogens is 412 g/mol. The summed E-state index contributed by atoms with van der Waals surface area (Å²) in [6.45, 7) is 6.96. The van der Waals surface area contributed by atoms with E-state index in [0.29, 0.717) is 12.0 Å². The monoisotopic (exact) mass is 438 g/mol. The SMILES string of the molecule is CCC1CC(=O)ON=C1c1ccc2c(c1)c1cc(C(=O)c3ccccc3C)ccc1n2CC. The lowest BCUT2D eigenvalue weighted by molar-refractivity contribution is -0.145. The van der Waals surface area contributed by atoms with Crippen molar-refractivity contribution >= 4 is 39.3 Å². The zero-order chi connectivity index (χ0) is 23.1.